The van der Waals surface area contributed by atoms with Crippen molar-refractivity contribution in [1.82, 2.24) is 19.6 Å². The number of furan rings is 1. The van der Waals surface area contributed by atoms with E-state index in [1.54, 1.807) is 19.2 Å². The van der Waals surface area contributed by atoms with Crippen LogP contribution in [0.5, 0.6) is 0 Å². The molecule has 3 aromatic rings. The third-order valence-corrected chi connectivity index (χ3v) is 3.22. The molecule has 3 rings (SSSR count). The summed E-state index contributed by atoms with van der Waals surface area (Å²) in [6.07, 6.45) is 3.18. The number of hydrogen-bond donors (Lipinski definition) is 0. The van der Waals surface area contributed by atoms with Gasteiger partial charge in [-0.2, -0.15) is 14.9 Å². The topological polar surface area (TPSA) is 65.8 Å². The highest BCUT2D eigenvalue weighted by Crippen LogP contribution is 2.20. The zero-order chi connectivity index (χ0) is 13.6. The van der Waals surface area contributed by atoms with Gasteiger partial charge in [0.25, 0.3) is 5.91 Å². The maximum Gasteiger partial charge on any atom is 0.282 e. The fourth-order valence-electron chi connectivity index (χ4n) is 2.27. The predicted octanol–water partition coefficient (Wildman–Crippen LogP) is 2.15. The summed E-state index contributed by atoms with van der Waals surface area (Å²) in [4.78, 5) is 12.5. The normalized spacial score (nSPS) is 11.3. The molecule has 19 heavy (non-hydrogen) atoms. The van der Waals surface area contributed by atoms with Gasteiger partial charge in [-0.1, -0.05) is 0 Å². The van der Waals surface area contributed by atoms with E-state index >= 15 is 0 Å². The first kappa shape index (κ1) is 11.7. The van der Waals surface area contributed by atoms with E-state index in [0.717, 1.165) is 23.3 Å². The summed E-state index contributed by atoms with van der Waals surface area (Å²) < 4.78 is 8.40. The highest BCUT2D eigenvalue weighted by atomic mass is 16.3. The minimum atomic E-state index is -0.194. The van der Waals surface area contributed by atoms with Gasteiger partial charge in [-0.05, 0) is 26.8 Å². The Hall–Kier alpha value is -2.37. The lowest BCUT2D eigenvalue weighted by Crippen LogP contribution is -2.13. The maximum absolute atomic E-state index is 12.5. The maximum atomic E-state index is 12.5. The Morgan fingerprint density at radius 2 is 2.21 bits per heavy atom. The fraction of sp³-hybridized carbons (Fsp3) is 0.308. The van der Waals surface area contributed by atoms with Crippen LogP contribution >= 0.6 is 0 Å². The largest absolute Gasteiger partial charge is 0.469 e. The van der Waals surface area contributed by atoms with Crippen LogP contribution in [0, 0.1) is 13.8 Å². The lowest BCUT2D eigenvalue weighted by atomic mass is 10.2. The van der Waals surface area contributed by atoms with Gasteiger partial charge in [0.15, 0.2) is 0 Å². The minimum Gasteiger partial charge on any atom is -0.469 e. The smallest absolute Gasteiger partial charge is 0.282 e. The average Bonchev–Trinajstić information content (AvgIpc) is 3.06. The molecule has 0 aliphatic heterocycles. The van der Waals surface area contributed by atoms with Gasteiger partial charge >= 0.3 is 0 Å². The van der Waals surface area contributed by atoms with Gasteiger partial charge in [-0.15, -0.1) is 0 Å². The highest BCUT2D eigenvalue weighted by molar-refractivity contribution is 6.01. The summed E-state index contributed by atoms with van der Waals surface area (Å²) in [6.45, 7) is 6.39. The molecule has 0 spiro atoms. The molecular weight excluding hydrogens is 244 g/mol. The Kier molecular flexibility index (Phi) is 2.51. The molecule has 0 amide bonds. The second-order valence-electron chi connectivity index (χ2n) is 4.39. The van der Waals surface area contributed by atoms with Gasteiger partial charge < -0.3 is 4.42 Å². The van der Waals surface area contributed by atoms with E-state index in [2.05, 4.69) is 10.2 Å². The lowest BCUT2D eigenvalue weighted by molar-refractivity contribution is 0.0949. The quantitative estimate of drug-likeness (QED) is 0.706. The third-order valence-electron chi connectivity index (χ3n) is 3.22. The van der Waals surface area contributed by atoms with Crippen molar-refractivity contribution in [1.29, 1.82) is 0 Å². The Bertz CT molecular complexity index is 763. The van der Waals surface area contributed by atoms with E-state index in [4.69, 9.17) is 4.42 Å². The van der Waals surface area contributed by atoms with Gasteiger partial charge in [-0.3, -0.25) is 9.48 Å². The van der Waals surface area contributed by atoms with E-state index in [1.807, 2.05) is 18.5 Å². The first-order chi connectivity index (χ1) is 9.13. The van der Waals surface area contributed by atoms with Crippen molar-refractivity contribution in [3.05, 3.63) is 35.5 Å². The molecule has 0 aliphatic carbocycles. The van der Waals surface area contributed by atoms with Crippen LogP contribution in [0.15, 0.2) is 22.9 Å². The summed E-state index contributed by atoms with van der Waals surface area (Å²) >= 11 is 0. The van der Waals surface area contributed by atoms with Crippen LogP contribution in [0.3, 0.4) is 0 Å². The number of aryl methyl sites for hydroxylation is 3. The molecule has 0 unspecified atom stereocenters. The van der Waals surface area contributed by atoms with Crippen molar-refractivity contribution in [2.24, 2.45) is 0 Å². The molecule has 0 saturated heterocycles. The summed E-state index contributed by atoms with van der Waals surface area (Å²) in [5, 5.41) is 8.58. The van der Waals surface area contributed by atoms with E-state index in [0.29, 0.717) is 11.3 Å². The molecule has 0 N–H and O–H groups in total. The monoisotopic (exact) mass is 258 g/mol. The van der Waals surface area contributed by atoms with Crippen LogP contribution in [0.25, 0.3) is 11.0 Å². The molecule has 98 valence electrons. The van der Waals surface area contributed by atoms with Crippen molar-refractivity contribution in [3.63, 3.8) is 0 Å². The SMILES string of the molecule is CCn1nc(C)c2c1cnn2C(=O)c1ccoc1C. The highest BCUT2D eigenvalue weighted by Gasteiger charge is 2.20. The molecule has 0 radical (unpaired) electrons. The van der Waals surface area contributed by atoms with Crippen LogP contribution in [0.2, 0.25) is 0 Å². The third kappa shape index (κ3) is 1.60. The Morgan fingerprint density at radius 1 is 1.42 bits per heavy atom. The van der Waals surface area contributed by atoms with Gasteiger partial charge in [0.2, 0.25) is 0 Å². The van der Waals surface area contributed by atoms with Crippen LogP contribution in [0.4, 0.5) is 0 Å². The zero-order valence-electron chi connectivity index (χ0n) is 11.0. The first-order valence-electron chi connectivity index (χ1n) is 6.13. The van der Waals surface area contributed by atoms with E-state index < -0.39 is 0 Å². The number of fused-ring (bicyclic) bond motifs is 1. The summed E-state index contributed by atoms with van der Waals surface area (Å²) in [7, 11) is 0. The van der Waals surface area contributed by atoms with E-state index in [1.165, 1.54) is 10.9 Å². The molecule has 3 heterocycles. The molecule has 0 aliphatic rings. The van der Waals surface area contributed by atoms with Gasteiger partial charge in [0, 0.05) is 6.54 Å². The Morgan fingerprint density at radius 3 is 2.84 bits per heavy atom. The lowest BCUT2D eigenvalue weighted by Gasteiger charge is -1.99. The van der Waals surface area contributed by atoms with Crippen molar-refractivity contribution >= 4 is 16.9 Å². The van der Waals surface area contributed by atoms with Crippen molar-refractivity contribution in [3.8, 4) is 0 Å². The summed E-state index contributed by atoms with van der Waals surface area (Å²) in [6, 6.07) is 1.66. The predicted molar refractivity (Wildman–Crippen MR) is 69.1 cm³/mol. The number of carbonyl (C=O) groups is 1. The number of hydrogen-bond acceptors (Lipinski definition) is 4. The molecule has 0 atom stereocenters. The number of rotatable bonds is 2. The second-order valence-corrected chi connectivity index (χ2v) is 4.39. The van der Waals surface area contributed by atoms with E-state index in [9.17, 15) is 4.79 Å². The van der Waals surface area contributed by atoms with Crippen molar-refractivity contribution in [2.45, 2.75) is 27.3 Å². The van der Waals surface area contributed by atoms with Crippen LogP contribution in [0.1, 0.15) is 28.7 Å². The number of aromatic nitrogens is 4. The molecule has 6 heteroatoms. The number of nitrogens with zero attached hydrogens (tertiary/aromatic N) is 4. The Labute approximate surface area is 109 Å². The van der Waals surface area contributed by atoms with Gasteiger partial charge in [0.1, 0.15) is 16.8 Å². The number of carbonyl (C=O) groups excluding carboxylic acids is 1. The van der Waals surface area contributed by atoms with Crippen molar-refractivity contribution in [2.75, 3.05) is 0 Å². The van der Waals surface area contributed by atoms with Crippen LogP contribution in [-0.2, 0) is 6.54 Å². The summed E-state index contributed by atoms with van der Waals surface area (Å²) in [5.41, 5.74) is 2.94. The van der Waals surface area contributed by atoms with Crippen molar-refractivity contribution < 1.29 is 9.21 Å². The van der Waals surface area contributed by atoms with Gasteiger partial charge in [-0.25, -0.2) is 0 Å². The molecule has 6 nitrogen and oxygen atoms in total. The minimum absolute atomic E-state index is 0.194. The summed E-state index contributed by atoms with van der Waals surface area (Å²) in [5.74, 6) is 0.397. The van der Waals surface area contributed by atoms with Gasteiger partial charge in [0.05, 0.1) is 23.7 Å². The standard InChI is InChI=1S/C13H14N4O2/c1-4-16-11-7-14-17(12(11)8(2)15-16)13(18)10-5-6-19-9(10)3/h5-7H,4H2,1-3H3. The Balaban J connectivity index is 2.19. The molecular formula is C13H14N4O2. The van der Waals surface area contributed by atoms with Crippen LogP contribution < -0.4 is 0 Å². The fourth-order valence-corrected chi connectivity index (χ4v) is 2.27. The first-order valence-corrected chi connectivity index (χ1v) is 6.13. The van der Waals surface area contributed by atoms with Crippen LogP contribution in [-0.4, -0.2) is 25.5 Å². The van der Waals surface area contributed by atoms with E-state index in [-0.39, 0.29) is 5.91 Å². The molecule has 0 fully saturated rings. The molecule has 3 aromatic heterocycles. The second kappa shape index (κ2) is 4.08. The molecule has 0 aromatic carbocycles. The molecule has 0 bridgehead atoms. The molecule has 0 saturated carbocycles. The zero-order valence-corrected chi connectivity index (χ0v) is 11.0. The average molecular weight is 258 g/mol.